The molecule has 100 valence electrons. The Balaban J connectivity index is 2.20. The zero-order chi connectivity index (χ0) is 14.3. The summed E-state index contributed by atoms with van der Waals surface area (Å²) in [6.07, 6.45) is 1.59. The van der Waals surface area contributed by atoms with Gasteiger partial charge in [-0.1, -0.05) is 34.1 Å². The molecule has 0 saturated carbocycles. The molecule has 3 rings (SSSR count). The molecular weight excluding hydrogens is 321 g/mol. The lowest BCUT2D eigenvalue weighted by atomic mass is 9.99. The van der Waals surface area contributed by atoms with Gasteiger partial charge in [-0.3, -0.25) is 4.79 Å². The number of fused-ring (bicyclic) bond motifs is 1. The van der Waals surface area contributed by atoms with E-state index < -0.39 is 0 Å². The van der Waals surface area contributed by atoms with Crippen LogP contribution in [-0.4, -0.2) is 5.91 Å². The second-order valence-electron chi connectivity index (χ2n) is 4.63. The third-order valence-electron chi connectivity index (χ3n) is 3.37. The molecule has 4 heteroatoms. The molecule has 1 N–H and O–H groups in total. The van der Waals surface area contributed by atoms with E-state index in [0.717, 1.165) is 21.3 Å². The molecule has 0 aliphatic carbocycles. The minimum absolute atomic E-state index is 0.204. The average molecular weight is 332 g/mol. The van der Waals surface area contributed by atoms with Crippen LogP contribution in [0.4, 0.5) is 10.1 Å². The van der Waals surface area contributed by atoms with E-state index in [9.17, 15) is 9.18 Å². The van der Waals surface area contributed by atoms with Gasteiger partial charge >= 0.3 is 0 Å². The highest BCUT2D eigenvalue weighted by Crippen LogP contribution is 2.38. The fraction of sp³-hybridized carbons (Fsp3) is 0.0625. The van der Waals surface area contributed by atoms with Gasteiger partial charge in [0, 0.05) is 26.9 Å². The summed E-state index contributed by atoms with van der Waals surface area (Å²) in [6, 6.07) is 10.1. The summed E-state index contributed by atoms with van der Waals surface area (Å²) >= 11 is 3.46. The van der Waals surface area contributed by atoms with Crippen LogP contribution in [0.3, 0.4) is 0 Å². The Morgan fingerprint density at radius 2 is 1.95 bits per heavy atom. The highest BCUT2D eigenvalue weighted by atomic mass is 79.9. The Labute approximate surface area is 124 Å². The van der Waals surface area contributed by atoms with Gasteiger partial charge in [0.05, 0.1) is 0 Å². The van der Waals surface area contributed by atoms with Crippen molar-refractivity contribution in [2.24, 2.45) is 0 Å². The Morgan fingerprint density at radius 3 is 2.70 bits per heavy atom. The molecule has 20 heavy (non-hydrogen) atoms. The minimum Gasteiger partial charge on any atom is -0.321 e. The van der Waals surface area contributed by atoms with Crippen LogP contribution >= 0.6 is 15.9 Å². The molecule has 2 aromatic carbocycles. The van der Waals surface area contributed by atoms with Crippen molar-refractivity contribution in [3.05, 3.63) is 63.4 Å². The number of carbonyl (C=O) groups is 1. The molecule has 0 saturated heterocycles. The van der Waals surface area contributed by atoms with Crippen LogP contribution < -0.4 is 5.32 Å². The third-order valence-corrected chi connectivity index (χ3v) is 4.23. The number of carbonyl (C=O) groups excluding carboxylic acids is 1. The number of rotatable bonds is 1. The predicted octanol–water partition coefficient (Wildman–Crippen LogP) is 4.39. The topological polar surface area (TPSA) is 29.1 Å². The summed E-state index contributed by atoms with van der Waals surface area (Å²) in [5, 5.41) is 2.80. The van der Waals surface area contributed by atoms with Crippen LogP contribution in [0.25, 0.3) is 11.6 Å². The number of benzene rings is 2. The highest BCUT2D eigenvalue weighted by Gasteiger charge is 2.26. The van der Waals surface area contributed by atoms with Crippen molar-refractivity contribution < 1.29 is 9.18 Å². The smallest absolute Gasteiger partial charge is 0.256 e. The summed E-state index contributed by atoms with van der Waals surface area (Å²) in [5.41, 5.74) is 3.45. The van der Waals surface area contributed by atoms with Gasteiger partial charge in [-0.25, -0.2) is 4.39 Å². The monoisotopic (exact) mass is 331 g/mol. The van der Waals surface area contributed by atoms with E-state index in [4.69, 9.17) is 0 Å². The van der Waals surface area contributed by atoms with Gasteiger partial charge in [0.25, 0.3) is 5.91 Å². The molecule has 0 bridgehead atoms. The molecular formula is C16H11BrFNO. The predicted molar refractivity (Wildman–Crippen MR) is 81.8 cm³/mol. The van der Waals surface area contributed by atoms with Crippen LogP contribution in [0.2, 0.25) is 0 Å². The van der Waals surface area contributed by atoms with Crippen molar-refractivity contribution in [3.8, 4) is 0 Å². The van der Waals surface area contributed by atoms with Gasteiger partial charge in [0.1, 0.15) is 5.82 Å². The summed E-state index contributed by atoms with van der Waals surface area (Å²) in [6.45, 7) is 1.93. The van der Waals surface area contributed by atoms with E-state index in [1.165, 1.54) is 6.07 Å². The third kappa shape index (κ3) is 2.06. The van der Waals surface area contributed by atoms with Gasteiger partial charge in [-0.15, -0.1) is 0 Å². The van der Waals surface area contributed by atoms with E-state index in [1.54, 1.807) is 24.3 Å². The lowest BCUT2D eigenvalue weighted by Crippen LogP contribution is -2.03. The Kier molecular flexibility index (Phi) is 3.18. The van der Waals surface area contributed by atoms with Gasteiger partial charge in [0.2, 0.25) is 0 Å². The first-order chi connectivity index (χ1) is 9.58. The van der Waals surface area contributed by atoms with Crippen molar-refractivity contribution >= 4 is 39.2 Å². The van der Waals surface area contributed by atoms with Crippen LogP contribution in [0.1, 0.15) is 16.7 Å². The second kappa shape index (κ2) is 4.87. The summed E-state index contributed by atoms with van der Waals surface area (Å²) in [7, 11) is 0. The molecule has 0 aromatic heterocycles. The largest absolute Gasteiger partial charge is 0.321 e. The SMILES string of the molecule is Cc1c(Br)ccc2c1C(=Cc1ccccc1F)C(=O)N2. The van der Waals surface area contributed by atoms with Crippen LogP contribution in [0.15, 0.2) is 40.9 Å². The summed E-state index contributed by atoms with van der Waals surface area (Å²) < 4.78 is 14.7. The molecule has 1 amide bonds. The van der Waals surface area contributed by atoms with E-state index in [2.05, 4.69) is 21.2 Å². The normalized spacial score (nSPS) is 15.3. The van der Waals surface area contributed by atoms with Crippen molar-refractivity contribution in [2.75, 3.05) is 5.32 Å². The first-order valence-corrected chi connectivity index (χ1v) is 6.94. The average Bonchev–Trinajstić information content (AvgIpc) is 2.74. The van der Waals surface area contributed by atoms with Crippen molar-refractivity contribution in [1.82, 2.24) is 0 Å². The molecule has 0 atom stereocenters. The van der Waals surface area contributed by atoms with Crippen molar-refractivity contribution in [3.63, 3.8) is 0 Å². The number of hydrogen-bond acceptors (Lipinski definition) is 1. The fourth-order valence-electron chi connectivity index (χ4n) is 2.33. The lowest BCUT2D eigenvalue weighted by molar-refractivity contribution is -0.110. The first kappa shape index (κ1) is 13.1. The minimum atomic E-state index is -0.339. The standard InChI is InChI=1S/C16H11BrFNO/c1-9-12(17)6-7-14-15(9)11(16(20)19-14)8-10-4-2-3-5-13(10)18/h2-8H,1H3,(H,19,20). The van der Waals surface area contributed by atoms with Crippen molar-refractivity contribution in [2.45, 2.75) is 6.92 Å². The van der Waals surface area contributed by atoms with E-state index in [1.807, 2.05) is 19.1 Å². The summed E-state index contributed by atoms with van der Waals surface area (Å²) in [4.78, 5) is 12.1. The van der Waals surface area contributed by atoms with Crippen LogP contribution in [0.5, 0.6) is 0 Å². The Morgan fingerprint density at radius 1 is 1.20 bits per heavy atom. The number of nitrogens with one attached hydrogen (secondary N) is 1. The molecule has 0 radical (unpaired) electrons. The summed E-state index contributed by atoms with van der Waals surface area (Å²) in [5.74, 6) is -0.543. The van der Waals surface area contributed by atoms with Crippen LogP contribution in [-0.2, 0) is 4.79 Å². The molecule has 1 aliphatic rings. The number of amides is 1. The van der Waals surface area contributed by atoms with E-state index in [0.29, 0.717) is 11.1 Å². The number of anilines is 1. The Bertz CT molecular complexity index is 752. The van der Waals surface area contributed by atoms with Crippen LogP contribution in [0, 0.1) is 12.7 Å². The maximum atomic E-state index is 13.7. The maximum Gasteiger partial charge on any atom is 0.256 e. The quantitative estimate of drug-likeness (QED) is 0.771. The zero-order valence-electron chi connectivity index (χ0n) is 10.7. The second-order valence-corrected chi connectivity index (χ2v) is 5.48. The van der Waals surface area contributed by atoms with E-state index >= 15 is 0 Å². The molecule has 0 unspecified atom stereocenters. The number of hydrogen-bond donors (Lipinski definition) is 1. The zero-order valence-corrected chi connectivity index (χ0v) is 12.3. The molecule has 1 heterocycles. The molecule has 1 aliphatic heterocycles. The Hall–Kier alpha value is -1.94. The van der Waals surface area contributed by atoms with Gasteiger partial charge in [0.15, 0.2) is 0 Å². The number of halogens is 2. The highest BCUT2D eigenvalue weighted by molar-refractivity contribution is 9.10. The molecule has 2 nitrogen and oxygen atoms in total. The first-order valence-electron chi connectivity index (χ1n) is 6.15. The van der Waals surface area contributed by atoms with Gasteiger partial charge < -0.3 is 5.32 Å². The van der Waals surface area contributed by atoms with Crippen molar-refractivity contribution in [1.29, 1.82) is 0 Å². The van der Waals surface area contributed by atoms with E-state index in [-0.39, 0.29) is 11.7 Å². The van der Waals surface area contributed by atoms with Gasteiger partial charge in [-0.05, 0) is 36.8 Å². The molecule has 0 fully saturated rings. The lowest BCUT2D eigenvalue weighted by Gasteiger charge is -2.06. The maximum absolute atomic E-state index is 13.7. The molecule has 2 aromatic rings. The fourth-order valence-corrected chi connectivity index (χ4v) is 2.66. The molecule has 0 spiro atoms. The van der Waals surface area contributed by atoms with Gasteiger partial charge in [-0.2, -0.15) is 0 Å².